The van der Waals surface area contributed by atoms with Gasteiger partial charge in [-0.25, -0.2) is 4.98 Å². The second-order valence-corrected chi connectivity index (χ2v) is 9.47. The van der Waals surface area contributed by atoms with Gasteiger partial charge in [-0.05, 0) is 42.9 Å². The summed E-state index contributed by atoms with van der Waals surface area (Å²) in [6, 6.07) is 3.73. The van der Waals surface area contributed by atoms with E-state index in [4.69, 9.17) is 0 Å². The highest BCUT2D eigenvalue weighted by Crippen LogP contribution is 3.02. The maximum Gasteiger partial charge on any atom is 0.310 e. The van der Waals surface area contributed by atoms with E-state index in [1.807, 2.05) is 0 Å². The van der Waals surface area contributed by atoms with E-state index in [2.05, 4.69) is 9.97 Å². The van der Waals surface area contributed by atoms with Gasteiger partial charge in [0, 0.05) is 18.4 Å². The number of carbonyl (C=O) groups excluding carboxylic acids is 1. The van der Waals surface area contributed by atoms with Crippen LogP contribution in [0.25, 0.3) is 0 Å². The summed E-state index contributed by atoms with van der Waals surface area (Å²) in [4.78, 5) is 29.1. The monoisotopic (exact) mass is 422 g/mol. The summed E-state index contributed by atoms with van der Waals surface area (Å²) >= 11 is 0. The molecule has 1 fully saturated rings. The smallest absolute Gasteiger partial charge is 0.310 e. The van der Waals surface area contributed by atoms with Crippen molar-refractivity contribution in [1.82, 2.24) is 9.97 Å². The number of H-pyrrole nitrogens is 1. The molecule has 4 nitrogen and oxygen atoms in total. The van der Waals surface area contributed by atoms with Crippen molar-refractivity contribution in [3.05, 3.63) is 57.8 Å². The summed E-state index contributed by atoms with van der Waals surface area (Å²) in [5.74, 6) is -0.298. The van der Waals surface area contributed by atoms with Crippen LogP contribution in [0, 0.1) is 0 Å². The largest absolute Gasteiger partial charge is 0.310 e. The highest BCUT2D eigenvalue weighted by atomic mass is 32.5. The number of nitrogens with one attached hydrogen (secondary N) is 1. The van der Waals surface area contributed by atoms with Gasteiger partial charge in [0.1, 0.15) is 16.4 Å². The molecule has 1 heterocycles. The van der Waals surface area contributed by atoms with Gasteiger partial charge in [0.2, 0.25) is 0 Å². The van der Waals surface area contributed by atoms with Crippen molar-refractivity contribution in [2.45, 2.75) is 49.3 Å². The lowest BCUT2D eigenvalue weighted by Crippen LogP contribution is -2.17. The van der Waals surface area contributed by atoms with E-state index in [1.54, 1.807) is 6.92 Å². The molecule has 1 aromatic heterocycles. The van der Waals surface area contributed by atoms with Crippen molar-refractivity contribution in [1.29, 1.82) is 0 Å². The fourth-order valence-electron chi connectivity index (χ4n) is 2.99. The van der Waals surface area contributed by atoms with Crippen LogP contribution in [0.15, 0.2) is 40.0 Å². The van der Waals surface area contributed by atoms with Crippen LogP contribution in [0.4, 0.5) is 19.4 Å². The Bertz CT molecular complexity index is 967. The fraction of sp³-hybridized carbons (Fsp3) is 0.389. The summed E-state index contributed by atoms with van der Waals surface area (Å²) in [6.45, 7) is 1.73. The fourth-order valence-corrected chi connectivity index (χ4v) is 3.64. The zero-order valence-corrected chi connectivity index (χ0v) is 15.7. The second kappa shape index (κ2) is 6.13. The minimum absolute atomic E-state index is 0.00716. The number of aromatic amines is 1. The second-order valence-electron chi connectivity index (χ2n) is 7.06. The van der Waals surface area contributed by atoms with Crippen molar-refractivity contribution in [2.24, 2.45) is 0 Å². The normalized spacial score (nSPS) is 18.2. The quantitative estimate of drug-likeness (QED) is 0.435. The average Bonchev–Trinajstić information content (AvgIpc) is 3.42. The number of Topliss-reactive ketones (excluding diaryl/α,β-unsaturated/α-hetero) is 1. The Morgan fingerprint density at radius 1 is 1.18 bits per heavy atom. The molecular weight excluding hydrogens is 403 g/mol. The molecule has 1 aromatic carbocycles. The first-order chi connectivity index (χ1) is 12.8. The number of carbonyl (C=O) groups is 1. The number of hydrogen-bond donors (Lipinski definition) is 1. The Hall–Kier alpha value is -2.23. The van der Waals surface area contributed by atoms with Crippen molar-refractivity contribution in [3.63, 3.8) is 0 Å². The molecule has 0 bridgehead atoms. The van der Waals surface area contributed by atoms with E-state index in [-0.39, 0.29) is 18.0 Å². The summed E-state index contributed by atoms with van der Waals surface area (Å²) in [7, 11) is -9.73. The molecule has 0 radical (unpaired) electrons. The first kappa shape index (κ1) is 20.5. The van der Waals surface area contributed by atoms with Gasteiger partial charge in [-0.1, -0.05) is 38.5 Å². The Balaban J connectivity index is 1.81. The lowest BCUT2D eigenvalue weighted by Gasteiger charge is -2.40. The van der Waals surface area contributed by atoms with Crippen LogP contribution in [0.3, 0.4) is 0 Å². The first-order valence-electron chi connectivity index (χ1n) is 8.75. The molecule has 1 saturated carbocycles. The van der Waals surface area contributed by atoms with Gasteiger partial charge in [0.15, 0.2) is 5.78 Å². The van der Waals surface area contributed by atoms with Gasteiger partial charge in [-0.2, -0.15) is 0 Å². The molecule has 0 amide bonds. The van der Waals surface area contributed by atoms with E-state index in [0.717, 1.165) is 31.0 Å². The summed E-state index contributed by atoms with van der Waals surface area (Å²) in [5.41, 5.74) is -0.0880. The SMILES string of the molecule is CC[C@@H](CC(=O)c1cc(=O)[nH]c(C2CC2)n1)c1ccc(S(F)(F)(F)(F)F)cc1. The van der Waals surface area contributed by atoms with Gasteiger partial charge in [0.25, 0.3) is 5.56 Å². The third-order valence-electron chi connectivity index (χ3n) is 4.73. The maximum atomic E-state index is 12.8. The highest BCUT2D eigenvalue weighted by Gasteiger charge is 2.65. The van der Waals surface area contributed by atoms with Crippen molar-refractivity contribution in [2.75, 3.05) is 0 Å². The van der Waals surface area contributed by atoms with Crippen molar-refractivity contribution < 1.29 is 24.2 Å². The molecule has 0 spiro atoms. The molecule has 10 heteroatoms. The van der Waals surface area contributed by atoms with Crippen LogP contribution >= 0.6 is 10.2 Å². The first-order valence-corrected chi connectivity index (χ1v) is 10.7. The Morgan fingerprint density at radius 3 is 2.29 bits per heavy atom. The molecule has 154 valence electrons. The summed E-state index contributed by atoms with van der Waals surface area (Å²) in [6.07, 6.45) is 2.08. The van der Waals surface area contributed by atoms with Gasteiger partial charge in [-0.15, -0.1) is 0 Å². The molecule has 2 aromatic rings. The average molecular weight is 422 g/mol. The lowest BCUT2D eigenvalue weighted by molar-refractivity contribution is 0.0967. The molecule has 1 N–H and O–H groups in total. The van der Waals surface area contributed by atoms with E-state index in [1.165, 1.54) is 0 Å². The van der Waals surface area contributed by atoms with E-state index in [9.17, 15) is 29.0 Å². The van der Waals surface area contributed by atoms with Crippen LogP contribution in [0.1, 0.15) is 66.3 Å². The van der Waals surface area contributed by atoms with Crippen molar-refractivity contribution >= 4 is 16.0 Å². The number of nitrogens with zero attached hydrogens (tertiary/aromatic N) is 1. The van der Waals surface area contributed by atoms with Crippen LogP contribution < -0.4 is 5.56 Å². The molecule has 28 heavy (non-hydrogen) atoms. The van der Waals surface area contributed by atoms with Crippen LogP contribution in [0.2, 0.25) is 0 Å². The van der Waals surface area contributed by atoms with E-state index in [0.29, 0.717) is 29.9 Å². The van der Waals surface area contributed by atoms with Crippen LogP contribution in [-0.4, -0.2) is 15.8 Å². The summed E-state index contributed by atoms with van der Waals surface area (Å²) in [5, 5.41) is 0. The summed E-state index contributed by atoms with van der Waals surface area (Å²) < 4.78 is 64.2. The molecular formula is C18H19F5N2O2S. The molecule has 0 unspecified atom stereocenters. The number of hydrogen-bond acceptors (Lipinski definition) is 3. The predicted octanol–water partition coefficient (Wildman–Crippen LogP) is 6.07. The molecule has 0 saturated heterocycles. The lowest BCUT2D eigenvalue weighted by atomic mass is 9.90. The molecule has 1 atom stereocenters. The van der Waals surface area contributed by atoms with Gasteiger partial charge in [-0.3, -0.25) is 9.59 Å². The number of benzene rings is 1. The molecule has 0 aliphatic heterocycles. The van der Waals surface area contributed by atoms with Crippen molar-refractivity contribution in [3.8, 4) is 0 Å². The number of rotatable bonds is 7. The third kappa shape index (κ3) is 4.78. The molecule has 3 rings (SSSR count). The van der Waals surface area contributed by atoms with E-state index >= 15 is 0 Å². The molecule has 1 aliphatic carbocycles. The van der Waals surface area contributed by atoms with Crippen LogP contribution in [0.5, 0.6) is 0 Å². The zero-order valence-electron chi connectivity index (χ0n) is 14.9. The standard InChI is InChI=1S/C18H19F5N2O2S/c1-2-11(12-5-7-14(8-6-12)28(19,20,21,22)23)9-16(26)15-10-17(27)25-18(24-15)13-3-4-13/h5-8,10-11,13H,2-4,9H2,1H3,(H,24,25,27)/t11-/m0/s1. The minimum atomic E-state index is -9.73. The Kier molecular flexibility index (Phi) is 4.49. The van der Waals surface area contributed by atoms with Gasteiger partial charge in [0.05, 0.1) is 0 Å². The van der Waals surface area contributed by atoms with Gasteiger partial charge >= 0.3 is 10.2 Å². The Morgan fingerprint density at radius 2 is 1.79 bits per heavy atom. The highest BCUT2D eigenvalue weighted by molar-refractivity contribution is 8.45. The minimum Gasteiger partial charge on any atom is -0.310 e. The van der Waals surface area contributed by atoms with Crippen LogP contribution in [-0.2, 0) is 0 Å². The third-order valence-corrected chi connectivity index (χ3v) is 5.89. The number of aromatic nitrogens is 2. The Labute approximate surface area is 157 Å². The van der Waals surface area contributed by atoms with E-state index < -0.39 is 32.4 Å². The topological polar surface area (TPSA) is 62.8 Å². The maximum absolute atomic E-state index is 12.8. The molecule has 1 aliphatic rings. The van der Waals surface area contributed by atoms with Gasteiger partial charge < -0.3 is 4.98 Å². The number of halogens is 5. The zero-order chi connectivity index (χ0) is 20.8. The predicted molar refractivity (Wildman–Crippen MR) is 96.7 cm³/mol. The number of ketones is 1.